The molecule has 0 atom stereocenters. The normalized spacial score (nSPS) is 11.2. The lowest BCUT2D eigenvalue weighted by atomic mass is 10.0. The number of aliphatic imine (C=N–C) groups is 1. The van der Waals surface area contributed by atoms with E-state index in [4.69, 9.17) is 21.7 Å². The van der Waals surface area contributed by atoms with Gasteiger partial charge in [0, 0.05) is 22.4 Å². The molecule has 0 aliphatic heterocycles. The van der Waals surface area contributed by atoms with Crippen molar-refractivity contribution in [1.29, 1.82) is 0 Å². The van der Waals surface area contributed by atoms with Gasteiger partial charge in [0.1, 0.15) is 5.69 Å². The number of hydrogen-bond donors (Lipinski definition) is 0. The van der Waals surface area contributed by atoms with Crippen LogP contribution in [0.2, 0.25) is 5.02 Å². The van der Waals surface area contributed by atoms with Crippen molar-refractivity contribution in [1.82, 2.24) is 9.78 Å². The van der Waals surface area contributed by atoms with Crippen molar-refractivity contribution in [2.45, 2.75) is 0 Å². The van der Waals surface area contributed by atoms with Crippen molar-refractivity contribution in [3.8, 4) is 28.1 Å². The van der Waals surface area contributed by atoms with Crippen LogP contribution in [0, 0.1) is 0 Å². The summed E-state index contributed by atoms with van der Waals surface area (Å²) in [5.41, 5.74) is 5.75. The van der Waals surface area contributed by atoms with E-state index in [1.807, 2.05) is 95.7 Å². The summed E-state index contributed by atoms with van der Waals surface area (Å²) in [7, 11) is 0. The maximum absolute atomic E-state index is 6.39. The van der Waals surface area contributed by atoms with Gasteiger partial charge in [-0.15, -0.1) is 0 Å². The molecule has 0 radical (unpaired) electrons. The van der Waals surface area contributed by atoms with Crippen LogP contribution in [-0.2, 0) is 0 Å². The average molecular weight is 434 g/mol. The summed E-state index contributed by atoms with van der Waals surface area (Å²) in [6.45, 7) is 0. The van der Waals surface area contributed by atoms with Crippen molar-refractivity contribution in [3.05, 3.63) is 126 Å². The second kappa shape index (κ2) is 9.04. The number of hydrogen-bond acceptors (Lipinski definition) is 2. The first kappa shape index (κ1) is 20.0. The number of rotatable bonds is 5. The summed E-state index contributed by atoms with van der Waals surface area (Å²) < 4.78 is 1.90. The SMILES string of the molecule is Clc1ccccc1/C=N/c1c(-c2ccccc2)c(-c2ccccc2)nn1-c1ccccc1. The van der Waals surface area contributed by atoms with E-state index in [0.29, 0.717) is 5.02 Å². The van der Waals surface area contributed by atoms with E-state index in [1.165, 1.54) is 0 Å². The topological polar surface area (TPSA) is 30.2 Å². The quantitative estimate of drug-likeness (QED) is 0.262. The molecule has 0 saturated carbocycles. The standard InChI is InChI=1S/C28H20ClN3/c29-25-19-11-10-16-23(25)20-30-28-26(21-12-4-1-5-13-21)27(22-14-6-2-7-15-22)31-32(28)24-17-8-3-9-18-24/h1-20H/b30-20+. The van der Waals surface area contributed by atoms with Gasteiger partial charge in [-0.25, -0.2) is 9.67 Å². The minimum absolute atomic E-state index is 0.659. The Bertz CT molecular complexity index is 1360. The molecule has 0 spiro atoms. The smallest absolute Gasteiger partial charge is 0.164 e. The van der Waals surface area contributed by atoms with Crippen molar-refractivity contribution >= 4 is 23.6 Å². The average Bonchev–Trinajstić information content (AvgIpc) is 3.25. The molecule has 0 aliphatic carbocycles. The molecule has 0 unspecified atom stereocenters. The van der Waals surface area contributed by atoms with E-state index >= 15 is 0 Å². The lowest BCUT2D eigenvalue weighted by Crippen LogP contribution is -1.96. The van der Waals surface area contributed by atoms with Crippen LogP contribution in [0.25, 0.3) is 28.1 Å². The summed E-state index contributed by atoms with van der Waals surface area (Å²) >= 11 is 6.39. The van der Waals surface area contributed by atoms with Crippen LogP contribution in [-0.4, -0.2) is 16.0 Å². The molecule has 32 heavy (non-hydrogen) atoms. The third-order valence-corrected chi connectivity index (χ3v) is 5.55. The van der Waals surface area contributed by atoms with Gasteiger partial charge in [0.25, 0.3) is 0 Å². The first-order chi connectivity index (χ1) is 15.8. The van der Waals surface area contributed by atoms with Crippen LogP contribution in [0.3, 0.4) is 0 Å². The predicted octanol–water partition coefficient (Wildman–Crippen LogP) is 7.61. The molecule has 4 heteroatoms. The second-order valence-electron chi connectivity index (χ2n) is 7.31. The highest BCUT2D eigenvalue weighted by Gasteiger charge is 2.21. The summed E-state index contributed by atoms with van der Waals surface area (Å²) in [6, 6.07) is 38.2. The fourth-order valence-corrected chi connectivity index (χ4v) is 3.84. The van der Waals surface area contributed by atoms with Gasteiger partial charge in [0.15, 0.2) is 5.82 Å². The Hall–Kier alpha value is -3.95. The van der Waals surface area contributed by atoms with Crippen LogP contribution in [0.5, 0.6) is 0 Å². The molecule has 0 saturated heterocycles. The number of benzene rings is 4. The predicted molar refractivity (Wildman–Crippen MR) is 133 cm³/mol. The molecule has 0 amide bonds. The Morgan fingerprint density at radius 3 is 1.88 bits per heavy atom. The van der Waals surface area contributed by atoms with E-state index in [-0.39, 0.29) is 0 Å². The summed E-state index contributed by atoms with van der Waals surface area (Å²) in [5, 5.41) is 5.69. The second-order valence-corrected chi connectivity index (χ2v) is 7.71. The molecule has 154 valence electrons. The molecule has 5 aromatic rings. The first-order valence-electron chi connectivity index (χ1n) is 10.4. The van der Waals surface area contributed by atoms with Gasteiger partial charge in [-0.2, -0.15) is 5.10 Å². The van der Waals surface area contributed by atoms with Gasteiger partial charge < -0.3 is 0 Å². The largest absolute Gasteiger partial charge is 0.236 e. The zero-order chi connectivity index (χ0) is 21.8. The van der Waals surface area contributed by atoms with Gasteiger partial charge in [-0.3, -0.25) is 0 Å². The maximum Gasteiger partial charge on any atom is 0.164 e. The maximum atomic E-state index is 6.39. The summed E-state index contributed by atoms with van der Waals surface area (Å²) in [5.74, 6) is 0.751. The number of halogens is 1. The van der Waals surface area contributed by atoms with E-state index in [0.717, 1.165) is 39.5 Å². The number of aromatic nitrogens is 2. The zero-order valence-corrected chi connectivity index (χ0v) is 18.0. The molecule has 1 heterocycles. The minimum Gasteiger partial charge on any atom is -0.236 e. The molecule has 1 aromatic heterocycles. The van der Waals surface area contributed by atoms with Crippen molar-refractivity contribution in [3.63, 3.8) is 0 Å². The molecular formula is C28H20ClN3. The monoisotopic (exact) mass is 433 g/mol. The van der Waals surface area contributed by atoms with Crippen molar-refractivity contribution in [2.75, 3.05) is 0 Å². The lowest BCUT2D eigenvalue weighted by molar-refractivity contribution is 0.885. The molecule has 0 bridgehead atoms. The van der Waals surface area contributed by atoms with Crippen LogP contribution < -0.4 is 0 Å². The Kier molecular flexibility index (Phi) is 5.65. The highest BCUT2D eigenvalue weighted by molar-refractivity contribution is 6.33. The molecule has 0 aliphatic rings. The Labute approximate surface area is 192 Å². The van der Waals surface area contributed by atoms with Gasteiger partial charge in [-0.05, 0) is 23.8 Å². The molecule has 4 aromatic carbocycles. The van der Waals surface area contributed by atoms with E-state index in [9.17, 15) is 0 Å². The van der Waals surface area contributed by atoms with E-state index in [2.05, 4.69) is 24.3 Å². The fourth-order valence-electron chi connectivity index (χ4n) is 3.66. The van der Waals surface area contributed by atoms with Crippen molar-refractivity contribution in [2.24, 2.45) is 4.99 Å². The summed E-state index contributed by atoms with van der Waals surface area (Å²) in [4.78, 5) is 4.93. The van der Waals surface area contributed by atoms with Crippen LogP contribution >= 0.6 is 11.6 Å². The fraction of sp³-hybridized carbons (Fsp3) is 0. The molecule has 0 fully saturated rings. The van der Waals surface area contributed by atoms with Gasteiger partial charge in [0.2, 0.25) is 0 Å². The highest BCUT2D eigenvalue weighted by atomic mass is 35.5. The number of para-hydroxylation sites is 1. The number of nitrogens with zero attached hydrogens (tertiary/aromatic N) is 3. The molecular weight excluding hydrogens is 414 g/mol. The zero-order valence-electron chi connectivity index (χ0n) is 17.3. The summed E-state index contributed by atoms with van der Waals surface area (Å²) in [6.07, 6.45) is 1.81. The first-order valence-corrected chi connectivity index (χ1v) is 10.8. The van der Waals surface area contributed by atoms with Crippen molar-refractivity contribution < 1.29 is 0 Å². The Morgan fingerprint density at radius 2 is 1.22 bits per heavy atom. The Morgan fingerprint density at radius 1 is 0.656 bits per heavy atom. The Balaban J connectivity index is 1.79. The molecule has 0 N–H and O–H groups in total. The van der Waals surface area contributed by atoms with Gasteiger partial charge in [-0.1, -0.05) is 109 Å². The highest BCUT2D eigenvalue weighted by Crippen LogP contribution is 2.40. The molecule has 3 nitrogen and oxygen atoms in total. The minimum atomic E-state index is 0.659. The van der Waals surface area contributed by atoms with Gasteiger partial charge in [0.05, 0.1) is 11.3 Å². The van der Waals surface area contributed by atoms with E-state index in [1.54, 1.807) is 6.21 Å². The lowest BCUT2D eigenvalue weighted by Gasteiger charge is -2.07. The van der Waals surface area contributed by atoms with E-state index < -0.39 is 0 Å². The third kappa shape index (κ3) is 3.98. The third-order valence-electron chi connectivity index (χ3n) is 5.20. The van der Waals surface area contributed by atoms with Crippen LogP contribution in [0.15, 0.2) is 120 Å². The van der Waals surface area contributed by atoms with Crippen LogP contribution in [0.4, 0.5) is 5.82 Å². The van der Waals surface area contributed by atoms with Gasteiger partial charge >= 0.3 is 0 Å². The molecule has 5 rings (SSSR count). The van der Waals surface area contributed by atoms with Crippen LogP contribution in [0.1, 0.15) is 5.56 Å².